The molecule has 78 valence electrons. The molecule has 1 aromatic rings. The first kappa shape index (κ1) is 9.90. The third-order valence-electron chi connectivity index (χ3n) is 1.95. The van der Waals surface area contributed by atoms with Crippen LogP contribution in [0.2, 0.25) is 0 Å². The number of benzene rings is 1. The van der Waals surface area contributed by atoms with Crippen molar-refractivity contribution in [3.63, 3.8) is 0 Å². The van der Waals surface area contributed by atoms with Gasteiger partial charge in [-0.25, -0.2) is 9.93 Å². The predicted octanol–water partition coefficient (Wildman–Crippen LogP) is -2.22. The van der Waals surface area contributed by atoms with Crippen LogP contribution in [0.4, 0.5) is 4.39 Å². The van der Waals surface area contributed by atoms with Crippen molar-refractivity contribution in [2.24, 2.45) is 5.10 Å². The zero-order chi connectivity index (χ0) is 10.8. The summed E-state index contributed by atoms with van der Waals surface area (Å²) in [7, 11) is -1.63. The quantitative estimate of drug-likeness (QED) is 0.357. The van der Waals surface area contributed by atoms with Crippen molar-refractivity contribution < 1.29 is 14.4 Å². The second kappa shape index (κ2) is 3.85. The van der Waals surface area contributed by atoms with E-state index in [0.717, 1.165) is 6.07 Å². The van der Waals surface area contributed by atoms with Crippen LogP contribution < -0.4 is 22.0 Å². The number of hydrogen-bond donors (Lipinski definition) is 5. The molecule has 0 fully saturated rings. The molecule has 8 heteroatoms. The molecule has 0 unspecified atom stereocenters. The van der Waals surface area contributed by atoms with E-state index in [1.807, 2.05) is 0 Å². The minimum atomic E-state index is -1.63. The van der Waals surface area contributed by atoms with Crippen LogP contribution in [0.15, 0.2) is 23.3 Å². The molecule has 0 saturated carbocycles. The predicted molar refractivity (Wildman–Crippen MR) is 52.2 cm³/mol. The Morgan fingerprint density at radius 1 is 1.33 bits per heavy atom. The monoisotopic (exact) mass is 210 g/mol. The van der Waals surface area contributed by atoms with Crippen molar-refractivity contribution >= 4 is 18.4 Å². The van der Waals surface area contributed by atoms with Gasteiger partial charge in [-0.3, -0.25) is 5.43 Å². The number of rotatable bonds is 2. The van der Waals surface area contributed by atoms with Gasteiger partial charge in [0, 0.05) is 0 Å². The van der Waals surface area contributed by atoms with E-state index in [-0.39, 0.29) is 16.9 Å². The smallest absolute Gasteiger partial charge is 0.423 e. The first-order valence-electron chi connectivity index (χ1n) is 4.18. The fourth-order valence-electron chi connectivity index (χ4n) is 1.21. The summed E-state index contributed by atoms with van der Waals surface area (Å²) in [5.74, 6) is -0.258. The van der Waals surface area contributed by atoms with Crippen molar-refractivity contribution in [2.75, 3.05) is 0 Å². The van der Waals surface area contributed by atoms with E-state index in [9.17, 15) is 4.39 Å². The van der Waals surface area contributed by atoms with E-state index in [1.54, 1.807) is 0 Å². The molecule has 0 atom stereocenters. The summed E-state index contributed by atoms with van der Waals surface area (Å²) in [5.41, 5.74) is 7.75. The topological polar surface area (TPSA) is 88.9 Å². The molecular weight excluding hydrogens is 202 g/mol. The molecule has 5 N–H and O–H groups in total. The highest BCUT2D eigenvalue weighted by atomic mass is 19.1. The van der Waals surface area contributed by atoms with Crippen LogP contribution in [0.1, 0.15) is 5.56 Å². The summed E-state index contributed by atoms with van der Waals surface area (Å²) in [4.78, 5) is 0. The molecule has 6 nitrogen and oxygen atoms in total. The van der Waals surface area contributed by atoms with Crippen molar-refractivity contribution in [3.05, 3.63) is 29.6 Å². The number of halogens is 1. The Balaban J connectivity index is 2.40. The second-order valence-electron chi connectivity index (χ2n) is 2.94. The lowest BCUT2D eigenvalue weighted by Crippen LogP contribution is -2.37. The highest BCUT2D eigenvalue weighted by molar-refractivity contribution is 6.58. The van der Waals surface area contributed by atoms with E-state index in [2.05, 4.69) is 21.6 Å². The maximum atomic E-state index is 13.3. The Morgan fingerprint density at radius 3 is 2.73 bits per heavy atom. The van der Waals surface area contributed by atoms with E-state index in [1.165, 1.54) is 12.1 Å². The molecular formula is C7H8BFN4O2. The largest absolute Gasteiger partial charge is 0.488 e. The van der Waals surface area contributed by atoms with Crippen LogP contribution in [0, 0.1) is 5.82 Å². The molecule has 0 spiro atoms. The van der Waals surface area contributed by atoms with Gasteiger partial charge in [-0.1, -0.05) is 6.07 Å². The molecule has 2 rings (SSSR count). The molecule has 0 saturated heterocycles. The van der Waals surface area contributed by atoms with Crippen LogP contribution >= 0.6 is 0 Å². The Kier molecular flexibility index (Phi) is 2.54. The SMILES string of the molecule is OB(O)c1ccc(F)c(C2=NNNN2)c1. The molecule has 0 amide bonds. The fraction of sp³-hybridized carbons (Fsp3) is 0. The third-order valence-corrected chi connectivity index (χ3v) is 1.95. The third kappa shape index (κ3) is 1.91. The van der Waals surface area contributed by atoms with E-state index >= 15 is 0 Å². The van der Waals surface area contributed by atoms with Crippen molar-refractivity contribution in [2.45, 2.75) is 0 Å². The summed E-state index contributed by atoms with van der Waals surface area (Å²) in [6, 6.07) is 3.74. The summed E-state index contributed by atoms with van der Waals surface area (Å²) < 4.78 is 13.3. The molecule has 1 aliphatic rings. The number of nitrogens with zero attached hydrogens (tertiary/aromatic N) is 1. The second-order valence-corrected chi connectivity index (χ2v) is 2.94. The van der Waals surface area contributed by atoms with Crippen LogP contribution in [-0.2, 0) is 0 Å². The number of amidine groups is 1. The van der Waals surface area contributed by atoms with Crippen molar-refractivity contribution in [3.8, 4) is 0 Å². The normalized spacial score (nSPS) is 14.2. The number of hydrazone groups is 1. The lowest BCUT2D eigenvalue weighted by Gasteiger charge is -2.05. The Bertz CT molecular complexity index is 412. The average Bonchev–Trinajstić information content (AvgIpc) is 2.71. The first-order valence-corrected chi connectivity index (χ1v) is 4.18. The van der Waals surface area contributed by atoms with Gasteiger partial charge >= 0.3 is 7.12 Å². The van der Waals surface area contributed by atoms with Crippen LogP contribution in [0.3, 0.4) is 0 Å². The molecule has 15 heavy (non-hydrogen) atoms. The van der Waals surface area contributed by atoms with Crippen LogP contribution in [0.5, 0.6) is 0 Å². The van der Waals surface area contributed by atoms with Gasteiger partial charge in [0.25, 0.3) is 0 Å². The van der Waals surface area contributed by atoms with E-state index in [0.29, 0.717) is 0 Å². The Labute approximate surface area is 84.9 Å². The molecule has 1 heterocycles. The summed E-state index contributed by atoms with van der Waals surface area (Å²) in [5, 5.41) is 21.6. The van der Waals surface area contributed by atoms with Gasteiger partial charge in [0.2, 0.25) is 0 Å². The minimum absolute atomic E-state index is 0.151. The Hall–Kier alpha value is -1.64. The van der Waals surface area contributed by atoms with Crippen LogP contribution in [-0.4, -0.2) is 23.0 Å². The zero-order valence-electron chi connectivity index (χ0n) is 7.53. The lowest BCUT2D eigenvalue weighted by molar-refractivity contribution is 0.425. The van der Waals surface area contributed by atoms with Gasteiger partial charge in [-0.2, -0.15) is 0 Å². The van der Waals surface area contributed by atoms with Gasteiger partial charge in [0.15, 0.2) is 5.84 Å². The highest BCUT2D eigenvalue weighted by Gasteiger charge is 2.17. The molecule has 0 aromatic heterocycles. The standard InChI is InChI=1S/C7H8BFN4O2/c9-6-2-1-4(8(14)15)3-5(6)7-10-12-13-11-7/h1-3,12-15H,(H,10,11). The molecule has 1 aliphatic heterocycles. The van der Waals surface area contributed by atoms with E-state index < -0.39 is 12.9 Å². The Morgan fingerprint density at radius 2 is 2.13 bits per heavy atom. The van der Waals surface area contributed by atoms with Gasteiger partial charge in [-0.05, 0) is 17.6 Å². The summed E-state index contributed by atoms with van der Waals surface area (Å²) >= 11 is 0. The van der Waals surface area contributed by atoms with Gasteiger partial charge < -0.3 is 10.0 Å². The number of nitrogens with one attached hydrogen (secondary N) is 3. The fourth-order valence-corrected chi connectivity index (χ4v) is 1.21. The van der Waals surface area contributed by atoms with Gasteiger partial charge in [0.05, 0.1) is 5.56 Å². The maximum absolute atomic E-state index is 13.3. The number of hydrogen-bond acceptors (Lipinski definition) is 6. The lowest BCUT2D eigenvalue weighted by atomic mass is 9.79. The van der Waals surface area contributed by atoms with Gasteiger partial charge in [0.1, 0.15) is 5.82 Å². The van der Waals surface area contributed by atoms with Crippen molar-refractivity contribution in [1.82, 2.24) is 16.5 Å². The molecule has 0 bridgehead atoms. The van der Waals surface area contributed by atoms with Crippen LogP contribution in [0.25, 0.3) is 0 Å². The molecule has 0 radical (unpaired) electrons. The average molecular weight is 210 g/mol. The maximum Gasteiger partial charge on any atom is 0.488 e. The van der Waals surface area contributed by atoms with E-state index in [4.69, 9.17) is 10.0 Å². The zero-order valence-corrected chi connectivity index (χ0v) is 7.53. The summed E-state index contributed by atoms with van der Waals surface area (Å²) in [6.07, 6.45) is 0. The highest BCUT2D eigenvalue weighted by Crippen LogP contribution is 2.06. The molecule has 0 aliphatic carbocycles. The first-order chi connectivity index (χ1) is 7.18. The number of hydrazine groups is 2. The van der Waals surface area contributed by atoms with Gasteiger partial charge in [-0.15, -0.1) is 10.6 Å². The summed E-state index contributed by atoms with van der Waals surface area (Å²) in [6.45, 7) is 0. The van der Waals surface area contributed by atoms with Crippen molar-refractivity contribution in [1.29, 1.82) is 0 Å². The minimum Gasteiger partial charge on any atom is -0.423 e. The molecule has 1 aromatic carbocycles.